The third kappa shape index (κ3) is 8.96. The fourth-order valence-corrected chi connectivity index (χ4v) is 15.1. The van der Waals surface area contributed by atoms with E-state index in [2.05, 4.69) is 13.2 Å². The van der Waals surface area contributed by atoms with Gasteiger partial charge in [0.2, 0.25) is 11.6 Å². The Bertz CT molecular complexity index is 5220. The Labute approximate surface area is 556 Å². The van der Waals surface area contributed by atoms with Gasteiger partial charge in [0.1, 0.15) is 0 Å². The van der Waals surface area contributed by atoms with Crippen molar-refractivity contribution in [3.63, 3.8) is 0 Å². The first-order valence-corrected chi connectivity index (χ1v) is 31.4. The van der Waals surface area contributed by atoms with Crippen LogP contribution >= 0.6 is 0 Å². The van der Waals surface area contributed by atoms with Crippen LogP contribution < -0.4 is 9.80 Å². The van der Waals surface area contributed by atoms with Crippen LogP contribution in [-0.2, 0) is 10.8 Å². The minimum atomic E-state index is -2.27. The summed E-state index contributed by atoms with van der Waals surface area (Å²) in [7, 11) is 0. The van der Waals surface area contributed by atoms with E-state index in [1.165, 1.54) is 0 Å². The van der Waals surface area contributed by atoms with E-state index in [9.17, 15) is 0 Å². The average molecular weight is 1300 g/mol. The van der Waals surface area contributed by atoms with Crippen LogP contribution in [0.1, 0.15) is 55.6 Å². The predicted octanol–water partition coefficient (Wildman–Crippen LogP) is 24.0. The van der Waals surface area contributed by atoms with E-state index in [0.717, 1.165) is 32.7 Å². The highest BCUT2D eigenvalue weighted by atomic mass is 19.2. The first kappa shape index (κ1) is 60.9. The Morgan fingerprint density at radius 2 is 0.571 bits per heavy atom. The highest BCUT2D eigenvalue weighted by Crippen LogP contribution is 2.61. The summed E-state index contributed by atoms with van der Waals surface area (Å²) in [5.41, 5.74) is 4.18. The quantitative estimate of drug-likeness (QED) is 0.0645. The Balaban J connectivity index is 0.848. The van der Waals surface area contributed by atoms with Crippen LogP contribution in [0.15, 0.2) is 280 Å². The van der Waals surface area contributed by atoms with Crippen molar-refractivity contribution in [2.24, 2.45) is 0 Å². The van der Waals surface area contributed by atoms with Gasteiger partial charge in [-0.3, -0.25) is 0 Å². The smallest absolute Gasteiger partial charge is 0.200 e. The van der Waals surface area contributed by atoms with Gasteiger partial charge in [-0.05, 0) is 149 Å². The highest BCUT2D eigenvalue weighted by molar-refractivity contribution is 6.02. The minimum absolute atomic E-state index is 0.249. The third-order valence-corrected chi connectivity index (χ3v) is 19.5. The van der Waals surface area contributed by atoms with Crippen molar-refractivity contribution < 1.29 is 43.9 Å². The summed E-state index contributed by atoms with van der Waals surface area (Å²) in [6.45, 7) is 7.75. The summed E-state index contributed by atoms with van der Waals surface area (Å²) in [6.07, 6.45) is 3.18. The van der Waals surface area contributed by atoms with E-state index in [1.807, 2.05) is 168 Å². The topological polar surface area (TPSA) is 6.48 Å². The highest BCUT2D eigenvalue weighted by Gasteiger charge is 2.53. The summed E-state index contributed by atoms with van der Waals surface area (Å²) in [6, 6.07) is 80.7. The summed E-state index contributed by atoms with van der Waals surface area (Å²) < 4.78 is 162. The van der Waals surface area contributed by atoms with Crippen molar-refractivity contribution in [2.45, 2.75) is 10.8 Å². The van der Waals surface area contributed by atoms with Crippen molar-refractivity contribution in [1.82, 2.24) is 0 Å². The van der Waals surface area contributed by atoms with Crippen LogP contribution in [-0.4, -0.2) is 0 Å². The maximum atomic E-state index is 17.0. The van der Waals surface area contributed by atoms with Crippen LogP contribution in [0.4, 0.5) is 78.0 Å². The molecule has 0 saturated carbocycles. The second kappa shape index (κ2) is 23.4. The molecule has 2 aliphatic rings. The third-order valence-electron chi connectivity index (χ3n) is 19.5. The fourth-order valence-electron chi connectivity index (χ4n) is 15.1. The monoisotopic (exact) mass is 1300 g/mol. The number of benzene rings is 14. The molecule has 0 radical (unpaired) electrons. The Morgan fingerprint density at radius 1 is 0.265 bits per heavy atom. The fraction of sp³-hybridized carbons (Fsp3) is 0.0233. The molecule has 0 N–H and O–H groups in total. The maximum Gasteiger partial charge on any atom is 0.200 e. The van der Waals surface area contributed by atoms with Gasteiger partial charge in [-0.15, -0.1) is 0 Å². The first-order valence-electron chi connectivity index (χ1n) is 31.4. The zero-order valence-corrected chi connectivity index (χ0v) is 51.6. The Morgan fingerprint density at radius 3 is 0.939 bits per heavy atom. The standard InChI is InChI=1S/C86H50F10N2/c1-3-49-27-35-55(36-28-49)85(73-75(87)79(91)83(95)80(92)76(73)88)67-23-11-9-21-63(67)65-45-43-59(47-69(65)85)97(71-25-13-17-53-15-5-7-19-61(53)71)57-39-31-51(32-40-57)52-33-41-58(42-34-52)98(72-26-14-18-54-16-6-8-20-62(54)72)60-44-46-66-64-22-10-12-24-68(64)86(70(66)48-60,56-37-29-50(4-2)30-38-56)74-77(89)81(93)84(96)82(94)78(74)90/h3-48H,1-2H2. The Kier molecular flexibility index (Phi) is 14.6. The van der Waals surface area contributed by atoms with E-state index < -0.39 is 80.1 Å². The molecule has 0 spiro atoms. The molecule has 0 fully saturated rings. The molecule has 0 saturated heterocycles. The lowest BCUT2D eigenvalue weighted by Crippen LogP contribution is -2.33. The van der Waals surface area contributed by atoms with Gasteiger partial charge in [0.15, 0.2) is 46.5 Å². The molecule has 16 rings (SSSR count). The molecule has 0 aromatic heterocycles. The summed E-state index contributed by atoms with van der Waals surface area (Å²) in [4.78, 5) is 3.99. The molecule has 2 atom stereocenters. The second-order valence-corrected chi connectivity index (χ2v) is 24.4. The molecule has 14 aromatic rings. The molecule has 474 valence electrons. The van der Waals surface area contributed by atoms with Gasteiger partial charge in [-0.2, -0.15) is 0 Å². The van der Waals surface area contributed by atoms with E-state index >= 15 is 43.9 Å². The van der Waals surface area contributed by atoms with Crippen molar-refractivity contribution >= 4 is 67.8 Å². The van der Waals surface area contributed by atoms with E-state index in [4.69, 9.17) is 0 Å². The molecule has 0 bridgehead atoms. The zero-order valence-electron chi connectivity index (χ0n) is 51.6. The SMILES string of the molecule is C=Cc1ccc(C2(c3c(F)c(F)c(F)c(F)c3F)c3ccccc3-c3ccc(N(c4ccc(-c5ccc(N(c6ccc7c(c6)C(c6ccc(C=C)cc6)(c6c(F)c(F)c(F)c(F)c6F)c6ccccc6-7)c6cccc7ccccc67)cc5)cc4)c4cccc5ccccc45)cc32)cc1. The number of rotatable bonds is 13. The van der Waals surface area contributed by atoms with Crippen molar-refractivity contribution in [3.05, 3.63) is 394 Å². The lowest BCUT2D eigenvalue weighted by atomic mass is 9.67. The number of anilines is 6. The molecule has 2 unspecified atom stereocenters. The minimum Gasteiger partial charge on any atom is -0.310 e. The largest absolute Gasteiger partial charge is 0.310 e. The molecule has 0 aliphatic heterocycles. The van der Waals surface area contributed by atoms with E-state index in [1.54, 1.807) is 121 Å². The van der Waals surface area contributed by atoms with E-state index in [-0.39, 0.29) is 22.3 Å². The molecular weight excluding hydrogens is 1250 g/mol. The molecule has 2 aliphatic carbocycles. The van der Waals surface area contributed by atoms with Crippen LogP contribution in [0.2, 0.25) is 0 Å². The van der Waals surface area contributed by atoms with Crippen molar-refractivity contribution in [2.75, 3.05) is 9.80 Å². The number of hydrogen-bond donors (Lipinski definition) is 0. The van der Waals surface area contributed by atoms with Crippen LogP contribution in [0.3, 0.4) is 0 Å². The van der Waals surface area contributed by atoms with Gasteiger partial charge in [0.25, 0.3) is 0 Å². The average Bonchev–Trinajstić information content (AvgIpc) is 1.51. The molecular formula is C86H50F10N2. The summed E-state index contributed by atoms with van der Waals surface area (Å²) >= 11 is 0. The van der Waals surface area contributed by atoms with Gasteiger partial charge in [-0.1, -0.05) is 232 Å². The number of nitrogens with zero attached hydrogens (tertiary/aromatic N) is 2. The van der Waals surface area contributed by atoms with Gasteiger partial charge in [0, 0.05) is 44.6 Å². The van der Waals surface area contributed by atoms with Crippen molar-refractivity contribution in [3.8, 4) is 33.4 Å². The molecule has 2 nitrogen and oxygen atoms in total. The predicted molar refractivity (Wildman–Crippen MR) is 371 cm³/mol. The molecule has 14 aromatic carbocycles. The molecule has 98 heavy (non-hydrogen) atoms. The lowest BCUT2D eigenvalue weighted by Gasteiger charge is -2.35. The molecule has 0 amide bonds. The summed E-state index contributed by atoms with van der Waals surface area (Å²) in [5, 5.41) is 3.50. The lowest BCUT2D eigenvalue weighted by molar-refractivity contribution is 0.363. The van der Waals surface area contributed by atoms with Gasteiger partial charge >= 0.3 is 0 Å². The molecule has 0 heterocycles. The van der Waals surface area contributed by atoms with Crippen LogP contribution in [0.5, 0.6) is 0 Å². The van der Waals surface area contributed by atoms with Crippen LogP contribution in [0.25, 0.3) is 67.1 Å². The van der Waals surface area contributed by atoms with Crippen LogP contribution in [0, 0.1) is 58.2 Å². The zero-order chi connectivity index (χ0) is 67.5. The number of halogens is 10. The second-order valence-electron chi connectivity index (χ2n) is 24.4. The normalized spacial score (nSPS) is 15.0. The maximum absolute atomic E-state index is 17.0. The van der Waals surface area contributed by atoms with Crippen molar-refractivity contribution in [1.29, 1.82) is 0 Å². The van der Waals surface area contributed by atoms with Gasteiger partial charge < -0.3 is 9.80 Å². The number of fused-ring (bicyclic) bond motifs is 8. The summed E-state index contributed by atoms with van der Waals surface area (Å²) in [5.74, 6) is -20.7. The van der Waals surface area contributed by atoms with Gasteiger partial charge in [-0.25, -0.2) is 43.9 Å². The Hall–Kier alpha value is -12.0. The molecule has 12 heteroatoms. The van der Waals surface area contributed by atoms with E-state index in [0.29, 0.717) is 78.6 Å². The number of hydrogen-bond acceptors (Lipinski definition) is 2. The first-order chi connectivity index (χ1) is 47.7. The van der Waals surface area contributed by atoms with Gasteiger partial charge in [0.05, 0.1) is 22.2 Å².